The maximum atomic E-state index is 9.63. The zero-order valence-electron chi connectivity index (χ0n) is 12.1. The molecule has 3 unspecified atom stereocenters. The van der Waals surface area contributed by atoms with Gasteiger partial charge in [-0.1, -0.05) is 25.8 Å². The molecule has 19 heavy (non-hydrogen) atoms. The van der Waals surface area contributed by atoms with Gasteiger partial charge in [-0.05, 0) is 43.4 Å². The maximum Gasteiger partial charge on any atom is 0.160 e. The van der Waals surface area contributed by atoms with Crippen molar-refractivity contribution in [3.05, 3.63) is 23.8 Å². The molecule has 0 heterocycles. The Hall–Kier alpha value is -1.22. The lowest BCUT2D eigenvalue weighted by atomic mass is 9.85. The number of aromatic hydroxyl groups is 1. The number of phenolic OH excluding ortho intramolecular Hbond substituents is 1. The first-order valence-electron chi connectivity index (χ1n) is 7.24. The molecule has 0 bridgehead atoms. The minimum Gasteiger partial charge on any atom is -0.504 e. The molecule has 0 aromatic heterocycles. The molecule has 2 rings (SSSR count). The van der Waals surface area contributed by atoms with E-state index in [9.17, 15) is 5.11 Å². The largest absolute Gasteiger partial charge is 0.504 e. The minimum atomic E-state index is 0.199. The van der Waals surface area contributed by atoms with E-state index in [1.165, 1.54) is 25.7 Å². The predicted molar refractivity (Wildman–Crippen MR) is 77.6 cm³/mol. The van der Waals surface area contributed by atoms with Crippen LogP contribution >= 0.6 is 0 Å². The van der Waals surface area contributed by atoms with E-state index in [2.05, 4.69) is 19.2 Å². The summed E-state index contributed by atoms with van der Waals surface area (Å²) >= 11 is 0. The Labute approximate surface area is 116 Å². The van der Waals surface area contributed by atoms with E-state index >= 15 is 0 Å². The van der Waals surface area contributed by atoms with E-state index < -0.39 is 0 Å². The van der Waals surface area contributed by atoms with Crippen molar-refractivity contribution in [3.8, 4) is 11.5 Å². The molecule has 3 nitrogen and oxygen atoms in total. The van der Waals surface area contributed by atoms with Crippen molar-refractivity contribution in [2.24, 2.45) is 5.92 Å². The highest BCUT2D eigenvalue weighted by Gasteiger charge is 2.23. The first-order chi connectivity index (χ1) is 9.11. The smallest absolute Gasteiger partial charge is 0.160 e. The molecule has 0 aliphatic heterocycles. The van der Waals surface area contributed by atoms with Crippen molar-refractivity contribution in [1.82, 2.24) is 5.32 Å². The van der Waals surface area contributed by atoms with Gasteiger partial charge in [0, 0.05) is 12.1 Å². The molecular weight excluding hydrogens is 238 g/mol. The van der Waals surface area contributed by atoms with Crippen LogP contribution in [-0.2, 0) is 0 Å². The second-order valence-corrected chi connectivity index (χ2v) is 5.69. The van der Waals surface area contributed by atoms with Crippen LogP contribution in [0, 0.1) is 5.92 Å². The monoisotopic (exact) mass is 263 g/mol. The molecule has 3 atom stereocenters. The van der Waals surface area contributed by atoms with Gasteiger partial charge in [-0.15, -0.1) is 0 Å². The van der Waals surface area contributed by atoms with Gasteiger partial charge in [0.1, 0.15) is 0 Å². The van der Waals surface area contributed by atoms with Crippen molar-refractivity contribution in [2.45, 2.75) is 51.6 Å². The summed E-state index contributed by atoms with van der Waals surface area (Å²) in [6.45, 7) is 4.51. The van der Waals surface area contributed by atoms with Crippen LogP contribution in [-0.4, -0.2) is 18.3 Å². The fourth-order valence-electron chi connectivity index (χ4n) is 2.94. The van der Waals surface area contributed by atoms with Crippen LogP contribution in [0.15, 0.2) is 18.2 Å². The number of benzene rings is 1. The number of ether oxygens (including phenoxy) is 1. The number of hydrogen-bond acceptors (Lipinski definition) is 3. The van der Waals surface area contributed by atoms with Crippen molar-refractivity contribution < 1.29 is 9.84 Å². The Balaban J connectivity index is 2.04. The van der Waals surface area contributed by atoms with Gasteiger partial charge in [0.05, 0.1) is 7.11 Å². The Morgan fingerprint density at radius 3 is 2.74 bits per heavy atom. The number of hydrogen-bond donors (Lipinski definition) is 2. The number of phenols is 1. The molecule has 0 amide bonds. The molecule has 1 aliphatic carbocycles. The summed E-state index contributed by atoms with van der Waals surface area (Å²) in [5.41, 5.74) is 1.16. The summed E-state index contributed by atoms with van der Waals surface area (Å²) in [7, 11) is 1.58. The summed E-state index contributed by atoms with van der Waals surface area (Å²) in [5.74, 6) is 1.49. The Kier molecular flexibility index (Phi) is 4.70. The molecule has 1 fully saturated rings. The quantitative estimate of drug-likeness (QED) is 0.871. The molecule has 1 aromatic carbocycles. The molecule has 1 saturated carbocycles. The zero-order valence-corrected chi connectivity index (χ0v) is 12.1. The molecule has 3 heteroatoms. The average molecular weight is 263 g/mol. The van der Waals surface area contributed by atoms with Gasteiger partial charge < -0.3 is 15.2 Å². The van der Waals surface area contributed by atoms with Crippen molar-refractivity contribution in [2.75, 3.05) is 7.11 Å². The molecule has 1 aliphatic rings. The summed E-state index contributed by atoms with van der Waals surface area (Å²) in [6, 6.07) is 6.46. The summed E-state index contributed by atoms with van der Waals surface area (Å²) in [5, 5.41) is 13.4. The second kappa shape index (κ2) is 6.29. The summed E-state index contributed by atoms with van der Waals surface area (Å²) < 4.78 is 5.17. The van der Waals surface area contributed by atoms with Gasteiger partial charge in [-0.3, -0.25) is 0 Å². The molecule has 0 spiro atoms. The Bertz CT molecular complexity index is 419. The second-order valence-electron chi connectivity index (χ2n) is 5.69. The summed E-state index contributed by atoms with van der Waals surface area (Å²) in [4.78, 5) is 0. The molecule has 0 saturated heterocycles. The standard InChI is InChI=1S/C16H25NO2/c1-11-6-4-5-7-14(11)17-12(2)13-8-9-15(18)16(10-13)19-3/h8-12,14,17-18H,4-7H2,1-3H3. The molecule has 106 valence electrons. The first-order valence-corrected chi connectivity index (χ1v) is 7.24. The van der Waals surface area contributed by atoms with Gasteiger partial charge in [-0.25, -0.2) is 0 Å². The molecule has 2 N–H and O–H groups in total. The van der Waals surface area contributed by atoms with E-state index in [0.717, 1.165) is 11.5 Å². The van der Waals surface area contributed by atoms with Crippen molar-refractivity contribution in [1.29, 1.82) is 0 Å². The normalized spacial score (nSPS) is 25.0. The van der Waals surface area contributed by atoms with Crippen LogP contribution in [0.3, 0.4) is 0 Å². The van der Waals surface area contributed by atoms with Gasteiger partial charge in [-0.2, -0.15) is 0 Å². The van der Waals surface area contributed by atoms with Gasteiger partial charge >= 0.3 is 0 Å². The lowest BCUT2D eigenvalue weighted by Crippen LogP contribution is -2.38. The van der Waals surface area contributed by atoms with E-state index in [0.29, 0.717) is 11.8 Å². The van der Waals surface area contributed by atoms with Crippen LogP contribution in [0.25, 0.3) is 0 Å². The SMILES string of the molecule is COc1cc(C(C)NC2CCCCC2C)ccc1O. The van der Waals surface area contributed by atoms with Gasteiger partial charge in [0.15, 0.2) is 11.5 Å². The van der Waals surface area contributed by atoms with Crippen LogP contribution < -0.4 is 10.1 Å². The highest BCUT2D eigenvalue weighted by molar-refractivity contribution is 5.42. The Morgan fingerprint density at radius 2 is 2.05 bits per heavy atom. The number of nitrogens with one attached hydrogen (secondary N) is 1. The number of rotatable bonds is 4. The van der Waals surface area contributed by atoms with E-state index in [-0.39, 0.29) is 11.8 Å². The fraction of sp³-hybridized carbons (Fsp3) is 0.625. The van der Waals surface area contributed by atoms with Gasteiger partial charge in [0.2, 0.25) is 0 Å². The lowest BCUT2D eigenvalue weighted by Gasteiger charge is -2.32. The summed E-state index contributed by atoms with van der Waals surface area (Å²) in [6.07, 6.45) is 5.28. The van der Waals surface area contributed by atoms with Gasteiger partial charge in [0.25, 0.3) is 0 Å². The van der Waals surface area contributed by atoms with Crippen LogP contribution in [0.2, 0.25) is 0 Å². The maximum absolute atomic E-state index is 9.63. The third-order valence-corrected chi connectivity index (χ3v) is 4.28. The molecular formula is C16H25NO2. The highest BCUT2D eigenvalue weighted by atomic mass is 16.5. The third-order valence-electron chi connectivity index (χ3n) is 4.28. The minimum absolute atomic E-state index is 0.199. The number of methoxy groups -OCH3 is 1. The molecule has 1 aromatic rings. The third kappa shape index (κ3) is 3.41. The first kappa shape index (κ1) is 14.2. The van der Waals surface area contributed by atoms with Crippen LogP contribution in [0.4, 0.5) is 0 Å². The van der Waals surface area contributed by atoms with Crippen LogP contribution in [0.1, 0.15) is 51.1 Å². The van der Waals surface area contributed by atoms with E-state index in [1.54, 1.807) is 13.2 Å². The van der Waals surface area contributed by atoms with E-state index in [4.69, 9.17) is 4.74 Å². The van der Waals surface area contributed by atoms with E-state index in [1.807, 2.05) is 12.1 Å². The molecule has 0 radical (unpaired) electrons. The predicted octanol–water partition coefficient (Wildman–Crippen LogP) is 3.63. The zero-order chi connectivity index (χ0) is 13.8. The van der Waals surface area contributed by atoms with Crippen molar-refractivity contribution >= 4 is 0 Å². The van der Waals surface area contributed by atoms with Crippen molar-refractivity contribution in [3.63, 3.8) is 0 Å². The highest BCUT2D eigenvalue weighted by Crippen LogP contribution is 2.30. The topological polar surface area (TPSA) is 41.5 Å². The fourth-order valence-corrected chi connectivity index (χ4v) is 2.94. The average Bonchev–Trinajstić information content (AvgIpc) is 2.42. The van der Waals surface area contributed by atoms with Crippen LogP contribution in [0.5, 0.6) is 11.5 Å². The Morgan fingerprint density at radius 1 is 1.32 bits per heavy atom. The lowest BCUT2D eigenvalue weighted by molar-refractivity contribution is 0.263.